The Morgan fingerprint density at radius 3 is 2.50 bits per heavy atom. The maximum atomic E-state index is 12.8. The van der Waals surface area contributed by atoms with Crippen LogP contribution in [0.5, 0.6) is 5.75 Å². The number of hydrogen-bond donors (Lipinski definition) is 0. The normalized spacial score (nSPS) is 16.7. The molecule has 1 aromatic rings. The average molecular weight is 251 g/mol. The van der Waals surface area contributed by atoms with Crippen LogP contribution < -0.4 is 4.74 Å². The van der Waals surface area contributed by atoms with E-state index in [1.165, 1.54) is 12.1 Å². The molecule has 2 rings (SSSR count). The predicted molar refractivity (Wildman–Crippen MR) is 66.9 cm³/mol. The van der Waals surface area contributed by atoms with Gasteiger partial charge in [0.1, 0.15) is 11.6 Å². The molecule has 0 N–H and O–H groups in total. The Morgan fingerprint density at radius 2 is 1.94 bits per heavy atom. The number of ether oxygens (including phenoxy) is 1. The molecule has 0 radical (unpaired) electrons. The minimum absolute atomic E-state index is 0.0410. The lowest BCUT2D eigenvalue weighted by atomic mass is 10.2. The first-order valence-electron chi connectivity index (χ1n) is 6.41. The Morgan fingerprint density at radius 1 is 1.33 bits per heavy atom. The van der Waals surface area contributed by atoms with Crippen LogP contribution in [0.4, 0.5) is 4.39 Å². The summed E-state index contributed by atoms with van der Waals surface area (Å²) in [7, 11) is 0. The molecule has 0 unspecified atom stereocenters. The van der Waals surface area contributed by atoms with Gasteiger partial charge in [-0.1, -0.05) is 6.92 Å². The van der Waals surface area contributed by atoms with Crippen molar-refractivity contribution in [2.75, 3.05) is 13.1 Å². The van der Waals surface area contributed by atoms with Crippen molar-refractivity contribution in [3.05, 3.63) is 30.1 Å². The van der Waals surface area contributed by atoms with Gasteiger partial charge in [-0.3, -0.25) is 4.79 Å². The molecule has 1 atom stereocenters. The summed E-state index contributed by atoms with van der Waals surface area (Å²) in [6.45, 7) is 3.56. The number of benzene rings is 1. The molecule has 3 nitrogen and oxygen atoms in total. The predicted octanol–water partition coefficient (Wildman–Crippen LogP) is 2.61. The van der Waals surface area contributed by atoms with E-state index in [9.17, 15) is 9.18 Å². The highest BCUT2D eigenvalue weighted by Gasteiger charge is 2.26. The standard InChI is InChI=1S/C14H18FNO2/c1-2-13(14(17)16-9-3-4-10-16)18-12-7-5-11(15)6-8-12/h5-8,13H,2-4,9-10H2,1H3/t13-/m0/s1. The molecule has 1 aliphatic heterocycles. The monoisotopic (exact) mass is 251 g/mol. The van der Waals surface area contributed by atoms with Gasteiger partial charge in [-0.05, 0) is 43.5 Å². The summed E-state index contributed by atoms with van der Waals surface area (Å²) in [6.07, 6.45) is 2.29. The summed E-state index contributed by atoms with van der Waals surface area (Å²) < 4.78 is 18.4. The van der Waals surface area contributed by atoms with Gasteiger partial charge in [0, 0.05) is 13.1 Å². The maximum absolute atomic E-state index is 12.8. The van der Waals surface area contributed by atoms with E-state index in [-0.39, 0.29) is 11.7 Å². The molecule has 1 saturated heterocycles. The minimum Gasteiger partial charge on any atom is -0.481 e. The van der Waals surface area contributed by atoms with Crippen molar-refractivity contribution in [3.8, 4) is 5.75 Å². The Bertz CT molecular complexity index is 399. The highest BCUT2D eigenvalue weighted by atomic mass is 19.1. The number of hydrogen-bond acceptors (Lipinski definition) is 2. The van der Waals surface area contributed by atoms with Gasteiger partial charge in [-0.25, -0.2) is 4.39 Å². The van der Waals surface area contributed by atoms with Crippen LogP contribution in [0, 0.1) is 5.82 Å². The fourth-order valence-corrected chi connectivity index (χ4v) is 2.13. The van der Waals surface area contributed by atoms with Gasteiger partial charge in [0.15, 0.2) is 6.10 Å². The Hall–Kier alpha value is -1.58. The molecule has 0 aliphatic carbocycles. The number of nitrogens with zero attached hydrogens (tertiary/aromatic N) is 1. The molecule has 1 heterocycles. The summed E-state index contributed by atoms with van der Waals surface area (Å²) in [6, 6.07) is 5.77. The number of halogens is 1. The second-order valence-corrected chi connectivity index (χ2v) is 4.50. The minimum atomic E-state index is -0.464. The molecule has 98 valence electrons. The first kappa shape index (κ1) is 12.9. The van der Waals surface area contributed by atoms with Crippen molar-refractivity contribution in [1.82, 2.24) is 4.90 Å². The Labute approximate surface area is 107 Å². The smallest absolute Gasteiger partial charge is 0.263 e. The van der Waals surface area contributed by atoms with Crippen LogP contribution in [-0.2, 0) is 4.79 Å². The quantitative estimate of drug-likeness (QED) is 0.823. The molecule has 1 amide bonds. The van der Waals surface area contributed by atoms with Crippen molar-refractivity contribution >= 4 is 5.91 Å². The maximum Gasteiger partial charge on any atom is 0.263 e. The van der Waals surface area contributed by atoms with Gasteiger partial charge < -0.3 is 9.64 Å². The van der Waals surface area contributed by atoms with E-state index in [4.69, 9.17) is 4.74 Å². The summed E-state index contributed by atoms with van der Waals surface area (Å²) in [4.78, 5) is 14.0. The average Bonchev–Trinajstić information content (AvgIpc) is 2.91. The van der Waals surface area contributed by atoms with Gasteiger partial charge in [0.2, 0.25) is 0 Å². The van der Waals surface area contributed by atoms with Crippen molar-refractivity contribution in [3.63, 3.8) is 0 Å². The number of carbonyl (C=O) groups excluding carboxylic acids is 1. The first-order valence-corrected chi connectivity index (χ1v) is 6.41. The van der Waals surface area contributed by atoms with E-state index in [0.29, 0.717) is 12.2 Å². The largest absolute Gasteiger partial charge is 0.481 e. The van der Waals surface area contributed by atoms with Crippen LogP contribution >= 0.6 is 0 Å². The fraction of sp³-hybridized carbons (Fsp3) is 0.500. The number of rotatable bonds is 4. The fourth-order valence-electron chi connectivity index (χ4n) is 2.13. The van der Waals surface area contributed by atoms with Crippen LogP contribution in [0.25, 0.3) is 0 Å². The van der Waals surface area contributed by atoms with Crippen LogP contribution in [-0.4, -0.2) is 30.0 Å². The van der Waals surface area contributed by atoms with Crippen LogP contribution in [0.15, 0.2) is 24.3 Å². The van der Waals surface area contributed by atoms with Crippen LogP contribution in [0.3, 0.4) is 0 Å². The van der Waals surface area contributed by atoms with E-state index < -0.39 is 6.10 Å². The molecule has 0 saturated carbocycles. The Balaban J connectivity index is 2.00. The third-order valence-corrected chi connectivity index (χ3v) is 3.16. The molecule has 0 aromatic heterocycles. The molecule has 0 bridgehead atoms. The molecule has 1 aromatic carbocycles. The molecule has 4 heteroatoms. The lowest BCUT2D eigenvalue weighted by molar-refractivity contribution is -0.137. The zero-order valence-electron chi connectivity index (χ0n) is 10.6. The zero-order chi connectivity index (χ0) is 13.0. The van der Waals surface area contributed by atoms with Gasteiger partial charge >= 0.3 is 0 Å². The van der Waals surface area contributed by atoms with E-state index in [1.807, 2.05) is 11.8 Å². The van der Waals surface area contributed by atoms with Crippen molar-refractivity contribution in [2.45, 2.75) is 32.3 Å². The summed E-state index contributed by atoms with van der Waals surface area (Å²) in [5, 5.41) is 0. The van der Waals surface area contributed by atoms with Gasteiger partial charge in [0.05, 0.1) is 0 Å². The van der Waals surface area contributed by atoms with Crippen molar-refractivity contribution in [2.24, 2.45) is 0 Å². The number of likely N-dealkylation sites (tertiary alicyclic amines) is 1. The van der Waals surface area contributed by atoms with Crippen LogP contribution in [0.2, 0.25) is 0 Å². The molecule has 0 spiro atoms. The third kappa shape index (κ3) is 3.00. The summed E-state index contributed by atoms with van der Waals surface area (Å²) in [5.74, 6) is 0.274. The summed E-state index contributed by atoms with van der Waals surface area (Å²) in [5.41, 5.74) is 0. The highest BCUT2D eigenvalue weighted by molar-refractivity contribution is 5.81. The number of carbonyl (C=O) groups is 1. The first-order chi connectivity index (χ1) is 8.70. The van der Waals surface area contributed by atoms with E-state index in [2.05, 4.69) is 0 Å². The Kier molecular flexibility index (Phi) is 4.18. The van der Waals surface area contributed by atoms with Gasteiger partial charge in [0.25, 0.3) is 5.91 Å². The van der Waals surface area contributed by atoms with E-state index in [1.54, 1.807) is 12.1 Å². The van der Waals surface area contributed by atoms with E-state index >= 15 is 0 Å². The molecule has 1 fully saturated rings. The second-order valence-electron chi connectivity index (χ2n) is 4.50. The molecule has 1 aliphatic rings. The number of amides is 1. The molecular formula is C14H18FNO2. The third-order valence-electron chi connectivity index (χ3n) is 3.16. The van der Waals surface area contributed by atoms with Gasteiger partial charge in [-0.2, -0.15) is 0 Å². The topological polar surface area (TPSA) is 29.5 Å². The molecule has 18 heavy (non-hydrogen) atoms. The SMILES string of the molecule is CC[C@H](Oc1ccc(F)cc1)C(=O)N1CCCC1. The van der Waals surface area contributed by atoms with Gasteiger partial charge in [-0.15, -0.1) is 0 Å². The zero-order valence-corrected chi connectivity index (χ0v) is 10.6. The lowest BCUT2D eigenvalue weighted by Crippen LogP contribution is -2.40. The lowest BCUT2D eigenvalue weighted by Gasteiger charge is -2.23. The highest BCUT2D eigenvalue weighted by Crippen LogP contribution is 2.17. The summed E-state index contributed by atoms with van der Waals surface area (Å²) >= 11 is 0. The van der Waals surface area contributed by atoms with Crippen molar-refractivity contribution < 1.29 is 13.9 Å². The van der Waals surface area contributed by atoms with Crippen LogP contribution in [0.1, 0.15) is 26.2 Å². The van der Waals surface area contributed by atoms with Crippen molar-refractivity contribution in [1.29, 1.82) is 0 Å². The second kappa shape index (κ2) is 5.85. The van der Waals surface area contributed by atoms with E-state index in [0.717, 1.165) is 25.9 Å². The molecular weight excluding hydrogens is 233 g/mol.